The van der Waals surface area contributed by atoms with Gasteiger partial charge in [-0.3, -0.25) is 0 Å². The minimum atomic E-state index is -0.0262. The lowest BCUT2D eigenvalue weighted by molar-refractivity contribution is -0.0911. The lowest BCUT2D eigenvalue weighted by Crippen LogP contribution is -2.48. The third-order valence-corrected chi connectivity index (χ3v) is 4.81. The molecule has 1 saturated carbocycles. The van der Waals surface area contributed by atoms with Crippen LogP contribution in [0.1, 0.15) is 68.7 Å². The average molecular weight is 289 g/mol. The molecule has 0 saturated heterocycles. The van der Waals surface area contributed by atoms with Crippen LogP contribution in [0.2, 0.25) is 0 Å². The molecule has 1 atom stereocenters. The predicted molar refractivity (Wildman–Crippen MR) is 89.8 cm³/mol. The SMILES string of the molecule is CCNC(c1cc(C)ccc1C)C1(OCC)CCCCC1. The van der Waals surface area contributed by atoms with E-state index in [0.29, 0.717) is 6.04 Å². The summed E-state index contributed by atoms with van der Waals surface area (Å²) in [5.74, 6) is 0. The summed E-state index contributed by atoms with van der Waals surface area (Å²) in [6.07, 6.45) is 6.26. The van der Waals surface area contributed by atoms with Gasteiger partial charge in [-0.05, 0) is 51.3 Å². The second-order valence-corrected chi connectivity index (χ2v) is 6.41. The van der Waals surface area contributed by atoms with E-state index in [1.165, 1.54) is 48.8 Å². The van der Waals surface area contributed by atoms with E-state index in [1.54, 1.807) is 0 Å². The molecule has 0 spiro atoms. The normalized spacial score (nSPS) is 19.4. The zero-order valence-corrected chi connectivity index (χ0v) is 14.2. The first kappa shape index (κ1) is 16.5. The lowest BCUT2D eigenvalue weighted by atomic mass is 9.75. The minimum absolute atomic E-state index is 0.0262. The van der Waals surface area contributed by atoms with Crippen molar-refractivity contribution in [1.82, 2.24) is 5.32 Å². The Labute approximate surface area is 130 Å². The van der Waals surface area contributed by atoms with Gasteiger partial charge < -0.3 is 10.1 Å². The van der Waals surface area contributed by atoms with Crippen LogP contribution in [0.15, 0.2) is 18.2 Å². The monoisotopic (exact) mass is 289 g/mol. The van der Waals surface area contributed by atoms with Crippen LogP contribution in [0.4, 0.5) is 0 Å². The largest absolute Gasteiger partial charge is 0.373 e. The maximum Gasteiger partial charge on any atom is 0.0876 e. The Kier molecular flexibility index (Phi) is 5.83. The van der Waals surface area contributed by atoms with Crippen molar-refractivity contribution in [3.05, 3.63) is 34.9 Å². The van der Waals surface area contributed by atoms with Crippen molar-refractivity contribution in [1.29, 1.82) is 0 Å². The summed E-state index contributed by atoms with van der Waals surface area (Å²) in [6.45, 7) is 10.5. The number of hydrogen-bond acceptors (Lipinski definition) is 2. The van der Waals surface area contributed by atoms with Gasteiger partial charge in [-0.15, -0.1) is 0 Å². The highest BCUT2D eigenvalue weighted by molar-refractivity contribution is 5.35. The Morgan fingerprint density at radius 3 is 2.48 bits per heavy atom. The maximum atomic E-state index is 6.37. The molecule has 2 rings (SSSR count). The van der Waals surface area contributed by atoms with Crippen LogP contribution < -0.4 is 5.32 Å². The smallest absolute Gasteiger partial charge is 0.0876 e. The first-order valence-corrected chi connectivity index (χ1v) is 8.57. The average Bonchev–Trinajstić information content (AvgIpc) is 2.49. The molecule has 21 heavy (non-hydrogen) atoms. The van der Waals surface area contributed by atoms with E-state index in [2.05, 4.69) is 51.2 Å². The van der Waals surface area contributed by atoms with Crippen LogP contribution in [-0.2, 0) is 4.74 Å². The summed E-state index contributed by atoms with van der Waals surface area (Å²) in [5, 5.41) is 3.74. The van der Waals surface area contributed by atoms with Crippen molar-refractivity contribution in [3.8, 4) is 0 Å². The molecule has 1 aromatic carbocycles. The van der Waals surface area contributed by atoms with Gasteiger partial charge >= 0.3 is 0 Å². The van der Waals surface area contributed by atoms with Crippen molar-refractivity contribution < 1.29 is 4.74 Å². The quantitative estimate of drug-likeness (QED) is 0.820. The molecule has 118 valence electrons. The number of nitrogens with one attached hydrogen (secondary N) is 1. The number of benzene rings is 1. The number of aryl methyl sites for hydroxylation is 2. The standard InChI is InChI=1S/C19H31NO/c1-5-20-18(17-14-15(3)10-11-16(17)4)19(21-6-2)12-8-7-9-13-19/h10-11,14,18,20H,5-9,12-13H2,1-4H3. The number of ether oxygens (including phenoxy) is 1. The molecule has 0 heterocycles. The highest BCUT2D eigenvalue weighted by atomic mass is 16.5. The molecule has 2 nitrogen and oxygen atoms in total. The first-order valence-electron chi connectivity index (χ1n) is 8.57. The first-order chi connectivity index (χ1) is 10.1. The van der Waals surface area contributed by atoms with Crippen LogP contribution in [0.5, 0.6) is 0 Å². The van der Waals surface area contributed by atoms with Crippen molar-refractivity contribution in [2.45, 2.75) is 71.4 Å². The second kappa shape index (κ2) is 7.42. The Morgan fingerprint density at radius 2 is 1.86 bits per heavy atom. The third kappa shape index (κ3) is 3.67. The summed E-state index contributed by atoms with van der Waals surface area (Å²) in [7, 11) is 0. The highest BCUT2D eigenvalue weighted by Gasteiger charge is 2.41. The number of hydrogen-bond donors (Lipinski definition) is 1. The highest BCUT2D eigenvalue weighted by Crippen LogP contribution is 2.42. The molecule has 1 unspecified atom stereocenters. The molecule has 0 aliphatic heterocycles. The fourth-order valence-electron chi connectivity index (χ4n) is 3.81. The van der Waals surface area contributed by atoms with Crippen molar-refractivity contribution in [3.63, 3.8) is 0 Å². The molecule has 1 aromatic rings. The predicted octanol–water partition coefficient (Wildman–Crippen LogP) is 4.69. The van der Waals surface area contributed by atoms with Gasteiger partial charge in [0.2, 0.25) is 0 Å². The summed E-state index contributed by atoms with van der Waals surface area (Å²) < 4.78 is 6.37. The summed E-state index contributed by atoms with van der Waals surface area (Å²) in [5.41, 5.74) is 4.10. The minimum Gasteiger partial charge on any atom is -0.373 e. The maximum absolute atomic E-state index is 6.37. The Balaban J connectivity index is 2.41. The molecule has 0 bridgehead atoms. The molecule has 1 fully saturated rings. The van der Waals surface area contributed by atoms with E-state index < -0.39 is 0 Å². The summed E-state index contributed by atoms with van der Waals surface area (Å²) >= 11 is 0. The zero-order valence-electron chi connectivity index (χ0n) is 14.2. The lowest BCUT2D eigenvalue weighted by Gasteiger charge is -2.44. The Bertz CT molecular complexity index is 443. The van der Waals surface area contributed by atoms with Gasteiger partial charge in [0.25, 0.3) is 0 Å². The third-order valence-electron chi connectivity index (χ3n) is 4.81. The fraction of sp³-hybridized carbons (Fsp3) is 0.684. The number of rotatable bonds is 6. The van der Waals surface area contributed by atoms with Crippen LogP contribution >= 0.6 is 0 Å². The van der Waals surface area contributed by atoms with Gasteiger partial charge in [-0.2, -0.15) is 0 Å². The van der Waals surface area contributed by atoms with Crippen molar-refractivity contribution in [2.24, 2.45) is 0 Å². The van der Waals surface area contributed by atoms with E-state index in [0.717, 1.165) is 13.2 Å². The summed E-state index contributed by atoms with van der Waals surface area (Å²) in [4.78, 5) is 0. The van der Waals surface area contributed by atoms with Crippen molar-refractivity contribution in [2.75, 3.05) is 13.2 Å². The molecule has 1 aliphatic rings. The number of likely N-dealkylation sites (N-methyl/N-ethyl adjacent to an activating group) is 1. The second-order valence-electron chi connectivity index (χ2n) is 6.41. The molecule has 1 N–H and O–H groups in total. The topological polar surface area (TPSA) is 21.3 Å². The van der Waals surface area contributed by atoms with Gasteiger partial charge in [-0.1, -0.05) is 49.9 Å². The molecule has 1 aliphatic carbocycles. The Morgan fingerprint density at radius 1 is 1.14 bits per heavy atom. The molecule has 0 amide bonds. The van der Waals surface area contributed by atoms with Crippen LogP contribution in [0, 0.1) is 13.8 Å². The van der Waals surface area contributed by atoms with Gasteiger partial charge in [0.05, 0.1) is 11.6 Å². The molecule has 0 aromatic heterocycles. The van der Waals surface area contributed by atoms with E-state index in [9.17, 15) is 0 Å². The van der Waals surface area contributed by atoms with E-state index in [4.69, 9.17) is 4.74 Å². The van der Waals surface area contributed by atoms with Crippen LogP contribution in [0.25, 0.3) is 0 Å². The van der Waals surface area contributed by atoms with Gasteiger partial charge in [0.1, 0.15) is 0 Å². The molecule has 2 heteroatoms. The summed E-state index contributed by atoms with van der Waals surface area (Å²) in [6, 6.07) is 7.11. The molecule has 0 radical (unpaired) electrons. The van der Waals surface area contributed by atoms with Crippen LogP contribution in [-0.4, -0.2) is 18.8 Å². The van der Waals surface area contributed by atoms with E-state index in [-0.39, 0.29) is 5.60 Å². The molecular formula is C19H31NO. The fourth-order valence-corrected chi connectivity index (χ4v) is 3.81. The van der Waals surface area contributed by atoms with Crippen LogP contribution in [0.3, 0.4) is 0 Å². The molecular weight excluding hydrogens is 258 g/mol. The van der Waals surface area contributed by atoms with Crippen molar-refractivity contribution >= 4 is 0 Å². The Hall–Kier alpha value is -0.860. The van der Waals surface area contributed by atoms with E-state index in [1.807, 2.05) is 0 Å². The van der Waals surface area contributed by atoms with Gasteiger partial charge in [0.15, 0.2) is 0 Å². The zero-order chi connectivity index (χ0) is 15.3. The van der Waals surface area contributed by atoms with E-state index >= 15 is 0 Å². The van der Waals surface area contributed by atoms with Gasteiger partial charge in [-0.25, -0.2) is 0 Å². The van der Waals surface area contributed by atoms with Gasteiger partial charge in [0, 0.05) is 6.61 Å².